The van der Waals surface area contributed by atoms with E-state index in [1.54, 1.807) is 0 Å². The van der Waals surface area contributed by atoms with Crippen molar-refractivity contribution < 1.29 is 0 Å². The van der Waals surface area contributed by atoms with Gasteiger partial charge in [0.05, 0.1) is 0 Å². The third-order valence-electron chi connectivity index (χ3n) is 4.03. The van der Waals surface area contributed by atoms with Crippen molar-refractivity contribution in [2.45, 2.75) is 65.0 Å². The van der Waals surface area contributed by atoms with E-state index in [1.165, 1.54) is 38.8 Å². The van der Waals surface area contributed by atoms with E-state index in [2.05, 4.69) is 62.5 Å². The van der Waals surface area contributed by atoms with Crippen molar-refractivity contribution in [1.82, 2.24) is 9.13 Å². The minimum Gasteiger partial charge on any atom is -0.327 e. The predicted octanol–water partition coefficient (Wildman–Crippen LogP) is 4.08. The number of unbranched alkanes of at least 4 members (excludes halogenated alkanes) is 3. The van der Waals surface area contributed by atoms with E-state index in [9.17, 15) is 0 Å². The van der Waals surface area contributed by atoms with Gasteiger partial charge in [-0.25, -0.2) is 0 Å². The van der Waals surface area contributed by atoms with E-state index < -0.39 is 16.5 Å². The van der Waals surface area contributed by atoms with Gasteiger partial charge in [-0.15, -0.1) is 0 Å². The summed E-state index contributed by atoms with van der Waals surface area (Å²) in [5.74, 6) is 0. The molecule has 0 aromatic rings. The summed E-state index contributed by atoms with van der Waals surface area (Å²) < 4.78 is 5.20. The van der Waals surface area contributed by atoms with Gasteiger partial charge in [0.2, 0.25) is 0 Å². The molecule has 0 aliphatic heterocycles. The molecule has 0 fully saturated rings. The van der Waals surface area contributed by atoms with Crippen LogP contribution in [0, 0.1) is 0 Å². The van der Waals surface area contributed by atoms with Crippen LogP contribution in [0.15, 0.2) is 0 Å². The summed E-state index contributed by atoms with van der Waals surface area (Å²) in [7, 11) is 2.51. The largest absolute Gasteiger partial charge is 0.327 e. The molecule has 0 heterocycles. The Bertz CT molecular complexity index is 195. The summed E-state index contributed by atoms with van der Waals surface area (Å²) in [6.07, 6.45) is 5.54. The number of hydrogen-bond donors (Lipinski definition) is 0. The second-order valence-electron chi connectivity index (χ2n) is 7.60. The maximum atomic E-state index is 2.60. The quantitative estimate of drug-likeness (QED) is 0.466. The molecule has 0 atom stereocenters. The molecule has 0 saturated heterocycles. The van der Waals surface area contributed by atoms with Crippen molar-refractivity contribution >= 4 is 16.5 Å². The molecule has 18 heavy (non-hydrogen) atoms. The third kappa shape index (κ3) is 8.45. The lowest BCUT2D eigenvalue weighted by atomic mass is 10.2. The summed E-state index contributed by atoms with van der Waals surface area (Å²) in [5.41, 5.74) is 0. The molecule has 110 valence electrons. The molecule has 0 unspecified atom stereocenters. The zero-order valence-corrected chi connectivity index (χ0v) is 16.1. The molecule has 0 saturated carbocycles. The molecule has 2 nitrogen and oxygen atoms in total. The van der Waals surface area contributed by atoms with Crippen LogP contribution in [0.2, 0.25) is 39.3 Å². The highest BCUT2D eigenvalue weighted by Gasteiger charge is 2.19. The smallest absolute Gasteiger partial charge is 0.118 e. The normalized spacial score (nSPS) is 13.7. The van der Waals surface area contributed by atoms with Gasteiger partial charge in [0.15, 0.2) is 0 Å². The zero-order chi connectivity index (χ0) is 14.4. The first kappa shape index (κ1) is 18.4. The molecule has 0 rings (SSSR count). The first-order chi connectivity index (χ1) is 8.05. The van der Waals surface area contributed by atoms with Crippen molar-refractivity contribution in [1.29, 1.82) is 0 Å². The number of nitrogens with zero attached hydrogens (tertiary/aromatic N) is 2. The highest BCUT2D eigenvalue weighted by atomic mass is 28.3. The molecule has 0 aromatic carbocycles. The second kappa shape index (κ2) is 7.83. The molecule has 0 bridgehead atoms. The molecule has 0 aliphatic carbocycles. The van der Waals surface area contributed by atoms with E-state index in [4.69, 9.17) is 0 Å². The van der Waals surface area contributed by atoms with E-state index in [-0.39, 0.29) is 0 Å². The van der Waals surface area contributed by atoms with Crippen molar-refractivity contribution in [3.8, 4) is 0 Å². The molecule has 0 aromatic heterocycles. The molecule has 4 heteroatoms. The monoisotopic (exact) mass is 288 g/mol. The Morgan fingerprint density at radius 1 is 0.556 bits per heavy atom. The van der Waals surface area contributed by atoms with Gasteiger partial charge in [-0.2, -0.15) is 0 Å². The topological polar surface area (TPSA) is 6.48 Å². The van der Waals surface area contributed by atoms with Crippen molar-refractivity contribution in [2.24, 2.45) is 0 Å². The molecule has 0 amide bonds. The number of rotatable bonds is 9. The zero-order valence-electron chi connectivity index (χ0n) is 14.1. The van der Waals surface area contributed by atoms with Gasteiger partial charge in [-0.3, -0.25) is 0 Å². The molecule has 0 radical (unpaired) electrons. The highest BCUT2D eigenvalue weighted by Crippen LogP contribution is 2.11. The molecular weight excluding hydrogens is 252 g/mol. The van der Waals surface area contributed by atoms with Gasteiger partial charge in [-0.05, 0) is 40.0 Å². The Balaban J connectivity index is 3.53. The highest BCUT2D eigenvalue weighted by molar-refractivity contribution is 6.73. The second-order valence-corrected chi connectivity index (χ2v) is 17.8. The molecule has 0 N–H and O–H groups in total. The first-order valence-corrected chi connectivity index (χ1v) is 14.4. The van der Waals surface area contributed by atoms with Crippen LogP contribution >= 0.6 is 0 Å². The Morgan fingerprint density at radius 2 is 0.833 bits per heavy atom. The molecule has 0 spiro atoms. The lowest BCUT2D eigenvalue weighted by Crippen LogP contribution is -2.43. The first-order valence-electron chi connectivity index (χ1n) is 7.47. The standard InChI is InChI=1S/C14H36N2Si2/c1-15(17(3,4)5)13-11-9-10-12-14-16(2)18(6,7)8/h9-14H2,1-8H3. The minimum atomic E-state index is -1.04. The summed E-state index contributed by atoms with van der Waals surface area (Å²) in [6.45, 7) is 17.1. The van der Waals surface area contributed by atoms with Crippen LogP contribution < -0.4 is 0 Å². The van der Waals surface area contributed by atoms with Gasteiger partial charge in [0.25, 0.3) is 0 Å². The van der Waals surface area contributed by atoms with E-state index in [0.29, 0.717) is 0 Å². The van der Waals surface area contributed by atoms with Crippen molar-refractivity contribution in [2.75, 3.05) is 27.2 Å². The van der Waals surface area contributed by atoms with Gasteiger partial charge in [0, 0.05) is 0 Å². The van der Waals surface area contributed by atoms with Crippen LogP contribution in [0.4, 0.5) is 0 Å². The predicted molar refractivity (Wildman–Crippen MR) is 90.4 cm³/mol. The summed E-state index contributed by atoms with van der Waals surface area (Å²) >= 11 is 0. The van der Waals surface area contributed by atoms with Crippen molar-refractivity contribution in [3.63, 3.8) is 0 Å². The van der Waals surface area contributed by atoms with E-state index >= 15 is 0 Å². The van der Waals surface area contributed by atoms with Crippen LogP contribution in [-0.4, -0.2) is 52.8 Å². The van der Waals surface area contributed by atoms with Crippen LogP contribution in [0.1, 0.15) is 25.7 Å². The Morgan fingerprint density at radius 3 is 1.06 bits per heavy atom. The van der Waals surface area contributed by atoms with Crippen LogP contribution in [0.25, 0.3) is 0 Å². The van der Waals surface area contributed by atoms with Gasteiger partial charge >= 0.3 is 0 Å². The van der Waals surface area contributed by atoms with Crippen LogP contribution in [0.3, 0.4) is 0 Å². The van der Waals surface area contributed by atoms with Crippen molar-refractivity contribution in [3.05, 3.63) is 0 Å². The van der Waals surface area contributed by atoms with Gasteiger partial charge in [-0.1, -0.05) is 52.1 Å². The molecular formula is C14H36N2Si2. The Labute approximate surface area is 118 Å². The summed E-state index contributed by atoms with van der Waals surface area (Å²) in [5, 5.41) is 0. The summed E-state index contributed by atoms with van der Waals surface area (Å²) in [6, 6.07) is 0. The lowest BCUT2D eigenvalue weighted by Gasteiger charge is -2.30. The minimum absolute atomic E-state index is 1.04. The summed E-state index contributed by atoms with van der Waals surface area (Å²) in [4.78, 5) is 0. The Hall–Kier alpha value is 0.354. The maximum absolute atomic E-state index is 2.60. The Kier molecular flexibility index (Phi) is 7.98. The maximum Gasteiger partial charge on any atom is 0.118 e. The van der Waals surface area contributed by atoms with Gasteiger partial charge in [0.1, 0.15) is 16.5 Å². The molecule has 0 aliphatic rings. The SMILES string of the molecule is CN(CCCCCCN(C)[Si](C)(C)C)[Si](C)(C)C. The fourth-order valence-corrected chi connectivity index (χ4v) is 3.38. The average Bonchev–Trinajstić information content (AvgIpc) is 2.19. The van der Waals surface area contributed by atoms with Crippen LogP contribution in [0.5, 0.6) is 0 Å². The number of hydrogen-bond acceptors (Lipinski definition) is 2. The fraction of sp³-hybridized carbons (Fsp3) is 1.00. The van der Waals surface area contributed by atoms with Crippen LogP contribution in [-0.2, 0) is 0 Å². The lowest BCUT2D eigenvalue weighted by molar-refractivity contribution is 0.446. The van der Waals surface area contributed by atoms with E-state index in [1.807, 2.05) is 0 Å². The fourth-order valence-electron chi connectivity index (χ4n) is 1.72. The average molecular weight is 289 g/mol. The van der Waals surface area contributed by atoms with Gasteiger partial charge < -0.3 is 9.13 Å². The van der Waals surface area contributed by atoms with E-state index in [0.717, 1.165) is 0 Å². The third-order valence-corrected chi connectivity index (χ3v) is 9.06.